The number of hydrazine groups is 1. The topological polar surface area (TPSA) is 98.0 Å². The molecule has 0 amide bonds. The van der Waals surface area contributed by atoms with Crippen LogP contribution in [0.3, 0.4) is 0 Å². The van der Waals surface area contributed by atoms with E-state index >= 15 is 0 Å². The molecule has 1 aromatic carbocycles. The van der Waals surface area contributed by atoms with Crippen LogP contribution in [0.25, 0.3) is 0 Å². The van der Waals surface area contributed by atoms with Gasteiger partial charge in [-0.25, -0.2) is 5.84 Å². The summed E-state index contributed by atoms with van der Waals surface area (Å²) in [5, 5.41) is 3.51. The first kappa shape index (κ1) is 12.3. The van der Waals surface area contributed by atoms with E-state index in [2.05, 4.69) is 25.7 Å². The molecule has 2 rings (SSSR count). The lowest BCUT2D eigenvalue weighted by atomic mass is 10.3. The number of hydrogen-bond acceptors (Lipinski definition) is 7. The molecule has 7 nitrogen and oxygen atoms in total. The molecule has 0 aliphatic carbocycles. The minimum absolute atomic E-state index is 0.146. The van der Waals surface area contributed by atoms with Crippen molar-refractivity contribution in [3.8, 4) is 6.01 Å². The number of anilines is 3. The Morgan fingerprint density at radius 1 is 1.17 bits per heavy atom. The van der Waals surface area contributed by atoms with E-state index < -0.39 is 0 Å². The highest BCUT2D eigenvalue weighted by Crippen LogP contribution is 2.23. The molecule has 18 heavy (non-hydrogen) atoms. The third-order valence-electron chi connectivity index (χ3n) is 2.05. The van der Waals surface area contributed by atoms with Crippen molar-refractivity contribution >= 4 is 29.2 Å². The van der Waals surface area contributed by atoms with E-state index in [1.807, 2.05) is 12.1 Å². The van der Waals surface area contributed by atoms with Crippen molar-refractivity contribution in [2.24, 2.45) is 5.84 Å². The van der Waals surface area contributed by atoms with E-state index in [0.29, 0.717) is 10.7 Å². The Balaban J connectivity index is 2.31. The van der Waals surface area contributed by atoms with Gasteiger partial charge in [0.25, 0.3) is 0 Å². The standard InChI is InChI=1S/C10H11ClN6O/c1-18-10-15-8(14-9(16-10)17-12)13-7-5-3-2-4-6(7)11/h2-5H,12H2,1H3,(H2,13,14,15,16,17). The van der Waals surface area contributed by atoms with Crippen LogP contribution in [0.2, 0.25) is 5.02 Å². The van der Waals surface area contributed by atoms with Crippen molar-refractivity contribution in [2.75, 3.05) is 17.9 Å². The summed E-state index contributed by atoms with van der Waals surface area (Å²) in [7, 11) is 1.45. The summed E-state index contributed by atoms with van der Waals surface area (Å²) in [6, 6.07) is 7.37. The molecule has 94 valence electrons. The summed E-state index contributed by atoms with van der Waals surface area (Å²) in [6.07, 6.45) is 0. The number of rotatable bonds is 4. The molecule has 0 aliphatic heterocycles. The van der Waals surface area contributed by atoms with Crippen molar-refractivity contribution < 1.29 is 4.74 Å². The first-order valence-corrected chi connectivity index (χ1v) is 5.39. The number of para-hydroxylation sites is 1. The summed E-state index contributed by atoms with van der Waals surface area (Å²) in [5.41, 5.74) is 3.00. The van der Waals surface area contributed by atoms with Gasteiger partial charge < -0.3 is 10.1 Å². The number of methoxy groups -OCH3 is 1. The Labute approximate surface area is 108 Å². The lowest BCUT2D eigenvalue weighted by molar-refractivity contribution is 0.379. The van der Waals surface area contributed by atoms with Crippen LogP contribution in [0.1, 0.15) is 0 Å². The summed E-state index contributed by atoms with van der Waals surface area (Å²) < 4.78 is 4.93. The quantitative estimate of drug-likeness (QED) is 0.571. The first-order chi connectivity index (χ1) is 8.72. The average molecular weight is 267 g/mol. The third kappa shape index (κ3) is 2.76. The number of nitrogen functional groups attached to an aromatic ring is 1. The van der Waals surface area contributed by atoms with Crippen LogP contribution in [0.15, 0.2) is 24.3 Å². The number of nitrogens with zero attached hydrogens (tertiary/aromatic N) is 3. The largest absolute Gasteiger partial charge is 0.467 e. The van der Waals surface area contributed by atoms with Crippen molar-refractivity contribution in [3.63, 3.8) is 0 Å². The molecular weight excluding hydrogens is 256 g/mol. The van der Waals surface area contributed by atoms with E-state index in [9.17, 15) is 0 Å². The van der Waals surface area contributed by atoms with E-state index in [1.54, 1.807) is 12.1 Å². The van der Waals surface area contributed by atoms with Crippen LogP contribution in [-0.4, -0.2) is 22.1 Å². The molecule has 0 saturated heterocycles. The van der Waals surface area contributed by atoms with Gasteiger partial charge in [-0.2, -0.15) is 15.0 Å². The minimum Gasteiger partial charge on any atom is -0.467 e. The van der Waals surface area contributed by atoms with Crippen LogP contribution >= 0.6 is 11.6 Å². The number of nitrogens with one attached hydrogen (secondary N) is 2. The summed E-state index contributed by atoms with van der Waals surface area (Å²) >= 11 is 6.02. The predicted molar refractivity (Wildman–Crippen MR) is 68.9 cm³/mol. The van der Waals surface area contributed by atoms with Gasteiger partial charge in [-0.05, 0) is 12.1 Å². The second-order valence-electron chi connectivity index (χ2n) is 3.22. The van der Waals surface area contributed by atoms with Gasteiger partial charge in [0.2, 0.25) is 11.9 Å². The first-order valence-electron chi connectivity index (χ1n) is 5.01. The maximum atomic E-state index is 6.02. The smallest absolute Gasteiger partial charge is 0.322 e. The predicted octanol–water partition coefficient (Wildman–Crippen LogP) is 1.56. The second-order valence-corrected chi connectivity index (χ2v) is 3.63. The Bertz CT molecular complexity index is 527. The fourth-order valence-electron chi connectivity index (χ4n) is 1.25. The van der Waals surface area contributed by atoms with Crippen LogP contribution in [-0.2, 0) is 0 Å². The fourth-order valence-corrected chi connectivity index (χ4v) is 1.43. The highest BCUT2D eigenvalue weighted by atomic mass is 35.5. The van der Waals surface area contributed by atoms with Crippen LogP contribution < -0.4 is 21.3 Å². The van der Waals surface area contributed by atoms with E-state index in [4.69, 9.17) is 22.2 Å². The molecule has 0 spiro atoms. The average Bonchev–Trinajstić information content (AvgIpc) is 2.41. The van der Waals surface area contributed by atoms with Gasteiger partial charge in [-0.1, -0.05) is 23.7 Å². The normalized spacial score (nSPS) is 9.94. The summed E-state index contributed by atoms with van der Waals surface area (Å²) in [6.45, 7) is 0. The Morgan fingerprint density at radius 3 is 2.56 bits per heavy atom. The number of nitrogens with two attached hydrogens (primary N) is 1. The minimum atomic E-state index is 0.146. The van der Waals surface area contributed by atoms with Gasteiger partial charge in [0.1, 0.15) is 0 Å². The number of benzene rings is 1. The van der Waals surface area contributed by atoms with Crippen LogP contribution in [0, 0.1) is 0 Å². The number of halogens is 1. The summed E-state index contributed by atoms with van der Waals surface area (Å²) in [4.78, 5) is 11.9. The SMILES string of the molecule is COc1nc(NN)nc(Nc2ccccc2Cl)n1. The van der Waals surface area contributed by atoms with E-state index in [1.165, 1.54) is 7.11 Å². The molecule has 4 N–H and O–H groups in total. The molecule has 8 heteroatoms. The zero-order chi connectivity index (χ0) is 13.0. The van der Waals surface area contributed by atoms with Crippen LogP contribution in [0.4, 0.5) is 17.6 Å². The van der Waals surface area contributed by atoms with Crippen molar-refractivity contribution in [2.45, 2.75) is 0 Å². The molecule has 0 radical (unpaired) electrons. The number of hydrogen-bond donors (Lipinski definition) is 3. The molecule has 0 atom stereocenters. The molecule has 0 bridgehead atoms. The molecular formula is C10H11ClN6O. The lowest BCUT2D eigenvalue weighted by Crippen LogP contribution is -2.13. The van der Waals surface area contributed by atoms with Gasteiger partial charge in [-0.15, -0.1) is 0 Å². The molecule has 0 unspecified atom stereocenters. The van der Waals surface area contributed by atoms with Gasteiger partial charge in [-0.3, -0.25) is 5.43 Å². The van der Waals surface area contributed by atoms with Crippen molar-refractivity contribution in [1.29, 1.82) is 0 Å². The highest BCUT2D eigenvalue weighted by Gasteiger charge is 2.07. The van der Waals surface area contributed by atoms with E-state index in [0.717, 1.165) is 0 Å². The van der Waals surface area contributed by atoms with Gasteiger partial charge in [0.05, 0.1) is 17.8 Å². The maximum Gasteiger partial charge on any atom is 0.322 e. The Kier molecular flexibility index (Phi) is 3.75. The van der Waals surface area contributed by atoms with Gasteiger partial charge in [0.15, 0.2) is 0 Å². The fraction of sp³-hybridized carbons (Fsp3) is 0.100. The van der Waals surface area contributed by atoms with Gasteiger partial charge in [0, 0.05) is 0 Å². The molecule has 1 aromatic heterocycles. The molecule has 1 heterocycles. The third-order valence-corrected chi connectivity index (χ3v) is 2.38. The zero-order valence-electron chi connectivity index (χ0n) is 9.51. The summed E-state index contributed by atoms with van der Waals surface area (Å²) in [5.74, 6) is 5.72. The Hall–Kier alpha value is -2.12. The molecule has 0 aliphatic rings. The molecule has 0 saturated carbocycles. The van der Waals surface area contributed by atoms with Crippen molar-refractivity contribution in [3.05, 3.63) is 29.3 Å². The number of aromatic nitrogens is 3. The molecule has 0 fully saturated rings. The molecule has 2 aromatic rings. The van der Waals surface area contributed by atoms with Crippen molar-refractivity contribution in [1.82, 2.24) is 15.0 Å². The Morgan fingerprint density at radius 2 is 1.89 bits per heavy atom. The number of ether oxygens (including phenoxy) is 1. The maximum absolute atomic E-state index is 6.02. The van der Waals surface area contributed by atoms with Gasteiger partial charge >= 0.3 is 6.01 Å². The highest BCUT2D eigenvalue weighted by molar-refractivity contribution is 6.33. The van der Waals surface area contributed by atoms with Crippen LogP contribution in [0.5, 0.6) is 6.01 Å². The second kappa shape index (κ2) is 5.48. The monoisotopic (exact) mass is 266 g/mol. The zero-order valence-corrected chi connectivity index (χ0v) is 10.3. The lowest BCUT2D eigenvalue weighted by Gasteiger charge is -2.08. The van der Waals surface area contributed by atoms with E-state index in [-0.39, 0.29) is 17.9 Å².